The van der Waals surface area contributed by atoms with Crippen LogP contribution < -0.4 is 5.32 Å². The van der Waals surface area contributed by atoms with Gasteiger partial charge in [-0.25, -0.2) is 4.39 Å². The van der Waals surface area contributed by atoms with Gasteiger partial charge in [0, 0.05) is 39.5 Å². The quantitative estimate of drug-likeness (QED) is 0.288. The Bertz CT molecular complexity index is 366. The highest BCUT2D eigenvalue weighted by atomic mass is 19.1. The van der Waals surface area contributed by atoms with Crippen molar-refractivity contribution in [2.24, 2.45) is 0 Å². The maximum atomic E-state index is 15.0. The van der Waals surface area contributed by atoms with Crippen LogP contribution in [0.4, 0.5) is 4.39 Å². The molecule has 0 fully saturated rings. The number of ether oxygens (including phenoxy) is 1. The highest BCUT2D eigenvalue weighted by Gasteiger charge is 2.45. The second-order valence-corrected chi connectivity index (χ2v) is 4.35. The van der Waals surface area contributed by atoms with Gasteiger partial charge >= 0.3 is 0 Å². The van der Waals surface area contributed by atoms with E-state index in [-0.39, 0.29) is 25.9 Å². The third-order valence-corrected chi connectivity index (χ3v) is 3.19. The molecular formula is C13H23FN2O5. The maximum absolute atomic E-state index is 15.0. The largest absolute Gasteiger partial charge is 0.396 e. The lowest BCUT2D eigenvalue weighted by atomic mass is 9.97. The third kappa shape index (κ3) is 5.07. The number of rotatable bonds is 10. The first-order valence-electron chi connectivity index (χ1n) is 6.55. The van der Waals surface area contributed by atoms with Crippen molar-refractivity contribution in [1.29, 1.82) is 0 Å². The van der Waals surface area contributed by atoms with E-state index in [9.17, 15) is 19.1 Å². The number of nitrogens with one attached hydrogen (secondary N) is 1. The number of carbonyl (C=O) groups excluding carboxylic acids is 2. The first kappa shape index (κ1) is 19.5. The van der Waals surface area contributed by atoms with Crippen LogP contribution in [0.2, 0.25) is 0 Å². The molecule has 3 atom stereocenters. The zero-order valence-corrected chi connectivity index (χ0v) is 12.5. The van der Waals surface area contributed by atoms with Gasteiger partial charge in [0.1, 0.15) is 6.10 Å². The Balaban J connectivity index is 5.31. The number of aliphatic hydroxyl groups excluding tert-OH is 2. The summed E-state index contributed by atoms with van der Waals surface area (Å²) in [5.41, 5.74) is 0. The Hall–Kier alpha value is -1.51. The minimum atomic E-state index is -2.46. The average Bonchev–Trinajstić information content (AvgIpc) is 2.51. The molecule has 8 heteroatoms. The molecule has 0 saturated carbocycles. The zero-order valence-electron chi connectivity index (χ0n) is 12.5. The number of hydrogen-bond donors (Lipinski definition) is 3. The SMILES string of the molecule is CCC(F)([C@H](O)C(CCO)OC)N(C=O)/C=C\C(=O)NC. The molecule has 0 aliphatic rings. The lowest BCUT2D eigenvalue weighted by Gasteiger charge is -2.38. The van der Waals surface area contributed by atoms with Crippen LogP contribution in [-0.4, -0.2) is 66.2 Å². The Morgan fingerprint density at radius 1 is 1.57 bits per heavy atom. The van der Waals surface area contributed by atoms with Gasteiger partial charge in [-0.3, -0.25) is 14.5 Å². The van der Waals surface area contributed by atoms with E-state index in [4.69, 9.17) is 9.84 Å². The summed E-state index contributed by atoms with van der Waals surface area (Å²) in [4.78, 5) is 22.8. The number of carbonyl (C=O) groups is 2. The molecule has 0 aromatic heterocycles. The molecule has 0 bridgehead atoms. The molecule has 0 aromatic carbocycles. The van der Waals surface area contributed by atoms with Crippen molar-refractivity contribution in [3.63, 3.8) is 0 Å². The van der Waals surface area contributed by atoms with E-state index in [0.717, 1.165) is 12.3 Å². The van der Waals surface area contributed by atoms with Crippen molar-refractivity contribution in [2.45, 2.75) is 37.8 Å². The standard InChI is InChI=1S/C13H23FN2O5/c1-4-13(14,12(20)10(21-3)6-8-17)16(9-18)7-5-11(19)15-2/h5,7,9-10,12,17,20H,4,6,8H2,1-3H3,(H,15,19)/b7-5-/t10?,12-,13?/m1/s1. The summed E-state index contributed by atoms with van der Waals surface area (Å²) in [7, 11) is 2.66. The highest BCUT2D eigenvalue weighted by molar-refractivity contribution is 5.87. The molecule has 0 aromatic rings. The Labute approximate surface area is 123 Å². The molecule has 0 spiro atoms. The lowest BCUT2D eigenvalue weighted by molar-refractivity contribution is -0.165. The van der Waals surface area contributed by atoms with E-state index in [1.807, 2.05) is 0 Å². The number of hydrogen-bond acceptors (Lipinski definition) is 5. The average molecular weight is 306 g/mol. The van der Waals surface area contributed by atoms with Gasteiger partial charge in [0.2, 0.25) is 18.1 Å². The fourth-order valence-corrected chi connectivity index (χ4v) is 1.84. The predicted molar refractivity (Wildman–Crippen MR) is 73.7 cm³/mol. The van der Waals surface area contributed by atoms with Crippen molar-refractivity contribution >= 4 is 12.3 Å². The van der Waals surface area contributed by atoms with Crippen molar-refractivity contribution in [2.75, 3.05) is 20.8 Å². The van der Waals surface area contributed by atoms with Crippen LogP contribution in [-0.2, 0) is 14.3 Å². The minimum absolute atomic E-state index is 0.00912. The molecule has 2 amide bonds. The van der Waals surface area contributed by atoms with Crippen LogP contribution in [0.15, 0.2) is 12.3 Å². The molecule has 0 aliphatic carbocycles. The van der Waals surface area contributed by atoms with Crippen molar-refractivity contribution in [1.82, 2.24) is 10.2 Å². The van der Waals surface area contributed by atoms with Gasteiger partial charge in [-0.1, -0.05) is 6.92 Å². The van der Waals surface area contributed by atoms with Gasteiger partial charge in [0.25, 0.3) is 0 Å². The molecule has 7 nitrogen and oxygen atoms in total. The topological polar surface area (TPSA) is 99.1 Å². The summed E-state index contributed by atoms with van der Waals surface area (Å²) in [6, 6.07) is 0. The van der Waals surface area contributed by atoms with Crippen molar-refractivity contribution in [3.05, 3.63) is 12.3 Å². The summed E-state index contributed by atoms with van der Waals surface area (Å²) < 4.78 is 19.9. The number of amides is 2. The minimum Gasteiger partial charge on any atom is -0.396 e. The molecule has 0 heterocycles. The fraction of sp³-hybridized carbons (Fsp3) is 0.692. The Morgan fingerprint density at radius 2 is 2.19 bits per heavy atom. The molecule has 0 saturated heterocycles. The van der Waals surface area contributed by atoms with Gasteiger partial charge in [0.15, 0.2) is 0 Å². The van der Waals surface area contributed by atoms with Gasteiger partial charge in [-0.05, 0) is 6.42 Å². The summed E-state index contributed by atoms with van der Waals surface area (Å²) >= 11 is 0. The van der Waals surface area contributed by atoms with Crippen LogP contribution >= 0.6 is 0 Å². The summed E-state index contributed by atoms with van der Waals surface area (Å²) in [6.07, 6.45) is -0.790. The fourth-order valence-electron chi connectivity index (χ4n) is 1.84. The Kier molecular flexibility index (Phi) is 8.75. The van der Waals surface area contributed by atoms with E-state index in [2.05, 4.69) is 5.32 Å². The predicted octanol–water partition coefficient (Wildman–Crippen LogP) is -0.461. The second-order valence-electron chi connectivity index (χ2n) is 4.35. The summed E-state index contributed by atoms with van der Waals surface area (Å²) in [5, 5.41) is 21.3. The molecule has 3 N–H and O–H groups in total. The van der Waals surface area contributed by atoms with Crippen LogP contribution in [0, 0.1) is 0 Å². The van der Waals surface area contributed by atoms with Gasteiger partial charge < -0.3 is 20.3 Å². The third-order valence-electron chi connectivity index (χ3n) is 3.19. The van der Waals surface area contributed by atoms with Gasteiger partial charge in [0.05, 0.1) is 6.10 Å². The lowest BCUT2D eigenvalue weighted by Crippen LogP contribution is -2.55. The molecular weight excluding hydrogens is 283 g/mol. The molecule has 2 unspecified atom stereocenters. The van der Waals surface area contributed by atoms with E-state index >= 15 is 0 Å². The number of alkyl halides is 1. The zero-order chi connectivity index (χ0) is 16.5. The summed E-state index contributed by atoms with van der Waals surface area (Å²) in [5.74, 6) is -2.98. The monoisotopic (exact) mass is 306 g/mol. The highest BCUT2D eigenvalue weighted by Crippen LogP contribution is 2.29. The van der Waals surface area contributed by atoms with Crippen LogP contribution in [0.5, 0.6) is 0 Å². The number of methoxy groups -OCH3 is 1. The molecule has 0 rings (SSSR count). The van der Waals surface area contributed by atoms with Crippen molar-refractivity contribution in [3.8, 4) is 0 Å². The van der Waals surface area contributed by atoms with Gasteiger partial charge in [-0.15, -0.1) is 0 Å². The van der Waals surface area contributed by atoms with Gasteiger partial charge in [-0.2, -0.15) is 0 Å². The Morgan fingerprint density at radius 3 is 2.57 bits per heavy atom. The van der Waals surface area contributed by atoms with Crippen LogP contribution in [0.25, 0.3) is 0 Å². The number of nitrogens with zero attached hydrogens (tertiary/aromatic N) is 1. The first-order valence-corrected chi connectivity index (χ1v) is 6.55. The normalized spacial score (nSPS) is 17.0. The summed E-state index contributed by atoms with van der Waals surface area (Å²) in [6.45, 7) is 1.14. The first-order chi connectivity index (χ1) is 9.90. The molecule has 122 valence electrons. The van der Waals surface area contributed by atoms with Crippen molar-refractivity contribution < 1.29 is 28.9 Å². The smallest absolute Gasteiger partial charge is 0.245 e. The van der Waals surface area contributed by atoms with E-state index in [1.165, 1.54) is 21.1 Å². The van der Waals surface area contributed by atoms with E-state index < -0.39 is 23.9 Å². The molecule has 0 aliphatic heterocycles. The van der Waals surface area contributed by atoms with E-state index in [1.54, 1.807) is 0 Å². The molecule has 21 heavy (non-hydrogen) atoms. The van der Waals surface area contributed by atoms with Crippen LogP contribution in [0.1, 0.15) is 19.8 Å². The molecule has 0 radical (unpaired) electrons. The number of likely N-dealkylation sites (N-methyl/N-ethyl adjacent to an activating group) is 1. The van der Waals surface area contributed by atoms with E-state index in [0.29, 0.717) is 4.90 Å². The van der Waals surface area contributed by atoms with Crippen LogP contribution in [0.3, 0.4) is 0 Å². The number of halogens is 1. The second kappa shape index (κ2) is 9.43. The number of aliphatic hydroxyl groups is 2. The maximum Gasteiger partial charge on any atom is 0.245 e.